The zero-order valence-electron chi connectivity index (χ0n) is 14.1. The number of hydrogen-bond acceptors (Lipinski definition) is 0. The molecule has 1 N–H and O–H groups in total. The Morgan fingerprint density at radius 3 is 2.12 bits per heavy atom. The fourth-order valence-corrected chi connectivity index (χ4v) is 4.24. The molecule has 2 heterocycles. The topological polar surface area (TPSA) is 20.7 Å². The molecule has 0 bridgehead atoms. The van der Waals surface area contributed by atoms with Crippen LogP contribution in [0.1, 0.15) is 0 Å². The lowest BCUT2D eigenvalue weighted by atomic mass is 10.0. The second kappa shape index (κ2) is 4.99. The van der Waals surface area contributed by atoms with E-state index in [9.17, 15) is 0 Å². The summed E-state index contributed by atoms with van der Waals surface area (Å²) in [6, 6.07) is 30.1. The molecule has 0 spiro atoms. The van der Waals surface area contributed by atoms with Crippen molar-refractivity contribution in [1.82, 2.24) is 9.55 Å². The van der Waals surface area contributed by atoms with Crippen LogP contribution in [0.4, 0.5) is 0 Å². The van der Waals surface area contributed by atoms with E-state index in [0.29, 0.717) is 0 Å². The van der Waals surface area contributed by atoms with E-state index in [4.69, 9.17) is 0 Å². The van der Waals surface area contributed by atoms with Crippen LogP contribution in [0.2, 0.25) is 0 Å². The smallest absolute Gasteiger partial charge is 0.0628 e. The van der Waals surface area contributed by atoms with E-state index >= 15 is 0 Å². The van der Waals surface area contributed by atoms with Gasteiger partial charge in [-0.1, -0.05) is 60.7 Å². The minimum absolute atomic E-state index is 1.18. The highest BCUT2D eigenvalue weighted by molar-refractivity contribution is 6.30. The average Bonchev–Trinajstić information content (AvgIpc) is 3.31. The molecule has 0 fully saturated rings. The quantitative estimate of drug-likeness (QED) is 0.359. The third-order valence-electron chi connectivity index (χ3n) is 5.35. The maximum Gasteiger partial charge on any atom is 0.0628 e. The van der Waals surface area contributed by atoms with Gasteiger partial charge in [-0.05, 0) is 29.7 Å². The summed E-state index contributed by atoms with van der Waals surface area (Å²) >= 11 is 0. The number of fused-ring (bicyclic) bond motifs is 8. The van der Waals surface area contributed by atoms with Gasteiger partial charge in [-0.2, -0.15) is 0 Å². The largest absolute Gasteiger partial charge is 0.354 e. The van der Waals surface area contributed by atoms with Crippen molar-refractivity contribution in [2.24, 2.45) is 0 Å². The van der Waals surface area contributed by atoms with Crippen LogP contribution < -0.4 is 0 Å². The second-order valence-electron chi connectivity index (χ2n) is 6.75. The van der Waals surface area contributed by atoms with Gasteiger partial charge in [-0.15, -0.1) is 0 Å². The maximum atomic E-state index is 3.66. The van der Waals surface area contributed by atoms with E-state index in [1.807, 2.05) is 0 Å². The Morgan fingerprint density at radius 1 is 0.577 bits per heavy atom. The van der Waals surface area contributed by atoms with Gasteiger partial charge < -0.3 is 9.55 Å². The van der Waals surface area contributed by atoms with E-state index in [-0.39, 0.29) is 0 Å². The minimum Gasteiger partial charge on any atom is -0.354 e. The summed E-state index contributed by atoms with van der Waals surface area (Å²) in [7, 11) is 0. The molecule has 0 atom stereocenters. The van der Waals surface area contributed by atoms with Crippen molar-refractivity contribution in [3.8, 4) is 5.69 Å². The van der Waals surface area contributed by atoms with E-state index in [1.54, 1.807) is 0 Å². The molecular weight excluding hydrogens is 316 g/mol. The van der Waals surface area contributed by atoms with Crippen LogP contribution in [0, 0.1) is 0 Å². The first-order valence-corrected chi connectivity index (χ1v) is 8.89. The highest BCUT2D eigenvalue weighted by Gasteiger charge is 2.16. The average molecular weight is 332 g/mol. The SMILES string of the molecule is c1ccc(-n2ccc3c4[nH]c5ccccc5c4c4ccccc4c32)cc1. The molecule has 4 aromatic carbocycles. The van der Waals surface area contributed by atoms with Gasteiger partial charge in [0.1, 0.15) is 0 Å². The van der Waals surface area contributed by atoms with Crippen molar-refractivity contribution in [2.75, 3.05) is 0 Å². The predicted octanol–water partition coefficient (Wildman–Crippen LogP) is 6.42. The number of benzene rings is 4. The Balaban J connectivity index is 1.91. The van der Waals surface area contributed by atoms with Crippen molar-refractivity contribution in [3.05, 3.63) is 91.1 Å². The Labute approximate surface area is 150 Å². The van der Waals surface area contributed by atoms with Crippen molar-refractivity contribution >= 4 is 43.5 Å². The molecule has 122 valence electrons. The Morgan fingerprint density at radius 2 is 1.27 bits per heavy atom. The fraction of sp³-hybridized carbons (Fsp3) is 0. The first-order chi connectivity index (χ1) is 12.9. The molecule has 0 saturated heterocycles. The summed E-state index contributed by atoms with van der Waals surface area (Å²) in [5, 5.41) is 6.44. The summed E-state index contributed by atoms with van der Waals surface area (Å²) in [5.41, 5.74) is 4.84. The molecule has 0 aliphatic rings. The Hall–Kier alpha value is -3.52. The van der Waals surface area contributed by atoms with Gasteiger partial charge in [-0.3, -0.25) is 0 Å². The zero-order valence-corrected chi connectivity index (χ0v) is 14.1. The molecule has 2 aromatic heterocycles. The number of aromatic nitrogens is 2. The lowest BCUT2D eigenvalue weighted by molar-refractivity contribution is 1.13. The normalized spacial score (nSPS) is 11.8. The van der Waals surface area contributed by atoms with Crippen molar-refractivity contribution in [2.45, 2.75) is 0 Å². The third-order valence-corrected chi connectivity index (χ3v) is 5.35. The van der Waals surface area contributed by atoms with Crippen LogP contribution in [0.15, 0.2) is 91.1 Å². The minimum atomic E-state index is 1.18. The van der Waals surface area contributed by atoms with Crippen LogP contribution in [0.5, 0.6) is 0 Å². The van der Waals surface area contributed by atoms with Crippen LogP contribution in [-0.2, 0) is 0 Å². The van der Waals surface area contributed by atoms with Crippen molar-refractivity contribution < 1.29 is 0 Å². The lowest BCUT2D eigenvalue weighted by Crippen LogP contribution is -1.92. The van der Waals surface area contributed by atoms with Crippen LogP contribution in [0.25, 0.3) is 49.2 Å². The zero-order chi connectivity index (χ0) is 17.1. The molecule has 0 amide bonds. The number of hydrogen-bond donors (Lipinski definition) is 1. The van der Waals surface area contributed by atoms with E-state index in [2.05, 4.69) is 101 Å². The fourth-order valence-electron chi connectivity index (χ4n) is 4.24. The summed E-state index contributed by atoms with van der Waals surface area (Å²) in [4.78, 5) is 3.66. The van der Waals surface area contributed by atoms with E-state index in [0.717, 1.165) is 0 Å². The molecule has 6 aromatic rings. The molecule has 0 radical (unpaired) electrons. The van der Waals surface area contributed by atoms with Gasteiger partial charge in [0.2, 0.25) is 0 Å². The van der Waals surface area contributed by atoms with Gasteiger partial charge in [0.05, 0.1) is 11.0 Å². The molecule has 0 saturated carbocycles. The number of H-pyrrole nitrogens is 1. The first kappa shape index (κ1) is 13.7. The van der Waals surface area contributed by atoms with Crippen LogP contribution >= 0.6 is 0 Å². The lowest BCUT2D eigenvalue weighted by Gasteiger charge is -2.09. The highest BCUT2D eigenvalue weighted by Crippen LogP contribution is 2.39. The predicted molar refractivity (Wildman–Crippen MR) is 110 cm³/mol. The van der Waals surface area contributed by atoms with Gasteiger partial charge in [-0.25, -0.2) is 0 Å². The Kier molecular flexibility index (Phi) is 2.64. The van der Waals surface area contributed by atoms with E-state index < -0.39 is 0 Å². The van der Waals surface area contributed by atoms with Crippen molar-refractivity contribution in [3.63, 3.8) is 0 Å². The maximum absolute atomic E-state index is 3.66. The molecular formula is C24H16N2. The van der Waals surface area contributed by atoms with Gasteiger partial charge in [0.25, 0.3) is 0 Å². The Bertz CT molecular complexity index is 1410. The molecule has 2 heteroatoms. The first-order valence-electron chi connectivity index (χ1n) is 8.89. The molecule has 0 aliphatic carbocycles. The number of rotatable bonds is 1. The molecule has 0 unspecified atom stereocenters. The number of nitrogens with one attached hydrogen (secondary N) is 1. The summed E-state index contributed by atoms with van der Waals surface area (Å²) in [5.74, 6) is 0. The molecule has 26 heavy (non-hydrogen) atoms. The van der Waals surface area contributed by atoms with Crippen molar-refractivity contribution in [1.29, 1.82) is 0 Å². The molecule has 2 nitrogen and oxygen atoms in total. The standard InChI is InChI=1S/C24H16N2/c1-2-8-16(9-3-1)26-15-14-20-23-22(19-12-6-7-13-21(19)25-23)17-10-4-5-11-18(17)24(20)26/h1-15,25H. The summed E-state index contributed by atoms with van der Waals surface area (Å²) in [6.07, 6.45) is 2.18. The van der Waals surface area contributed by atoms with E-state index in [1.165, 1.54) is 49.2 Å². The van der Waals surface area contributed by atoms with Gasteiger partial charge >= 0.3 is 0 Å². The number of nitrogens with zero attached hydrogens (tertiary/aromatic N) is 1. The van der Waals surface area contributed by atoms with Crippen LogP contribution in [-0.4, -0.2) is 9.55 Å². The molecule has 0 aliphatic heterocycles. The summed E-state index contributed by atoms with van der Waals surface area (Å²) < 4.78 is 2.29. The summed E-state index contributed by atoms with van der Waals surface area (Å²) in [6.45, 7) is 0. The monoisotopic (exact) mass is 332 g/mol. The number of aromatic amines is 1. The highest BCUT2D eigenvalue weighted by atomic mass is 15.0. The third kappa shape index (κ3) is 1.71. The molecule has 6 rings (SSSR count). The van der Waals surface area contributed by atoms with Gasteiger partial charge in [0, 0.05) is 38.9 Å². The second-order valence-corrected chi connectivity index (χ2v) is 6.75. The van der Waals surface area contributed by atoms with Gasteiger partial charge in [0.15, 0.2) is 0 Å². The van der Waals surface area contributed by atoms with Crippen LogP contribution in [0.3, 0.4) is 0 Å². The number of para-hydroxylation sites is 2.